The van der Waals surface area contributed by atoms with Gasteiger partial charge in [0.1, 0.15) is 0 Å². The average molecular weight is 135 g/mol. The lowest BCUT2D eigenvalue weighted by molar-refractivity contribution is 0.322. The van der Waals surface area contributed by atoms with Gasteiger partial charge >= 0.3 is 0 Å². The van der Waals surface area contributed by atoms with Gasteiger partial charge in [-0.2, -0.15) is 0 Å². The lowest BCUT2D eigenvalue weighted by Gasteiger charge is -1.80. The Kier molecular flexibility index (Phi) is 1.87. The van der Waals surface area contributed by atoms with Gasteiger partial charge in [-0.1, -0.05) is 28.7 Å². The van der Waals surface area contributed by atoms with Crippen LogP contribution < -0.4 is 0 Å². The van der Waals surface area contributed by atoms with Gasteiger partial charge in [-0.05, 0) is 0 Å². The first-order chi connectivity index (χ1) is 3.43. The Hall–Kier alpha value is 0.170. The molecule has 1 aliphatic rings. The second-order valence-corrected chi connectivity index (χ2v) is 3.49. The molecular weight excluding hydrogens is 130 g/mol. The molecule has 0 aromatic rings. The van der Waals surface area contributed by atoms with Crippen molar-refractivity contribution in [1.82, 2.24) is 0 Å². The number of thioether (sulfide) groups is 2. The largest absolute Gasteiger partial charge is 0.410 e. The minimum Gasteiger partial charge on any atom is -0.410 e. The Balaban J connectivity index is 2.41. The summed E-state index contributed by atoms with van der Waals surface area (Å²) in [5.74, 6) is 2.17. The van der Waals surface area contributed by atoms with E-state index in [1.54, 1.807) is 23.5 Å². The molecule has 1 saturated heterocycles. The van der Waals surface area contributed by atoms with Crippen LogP contribution in [-0.2, 0) is 0 Å². The Morgan fingerprint density at radius 2 is 2.00 bits per heavy atom. The third kappa shape index (κ3) is 1.28. The van der Waals surface area contributed by atoms with Crippen LogP contribution in [0.1, 0.15) is 0 Å². The van der Waals surface area contributed by atoms with Crippen molar-refractivity contribution >= 4 is 27.9 Å². The van der Waals surface area contributed by atoms with Crippen LogP contribution in [0.3, 0.4) is 0 Å². The molecule has 2 nitrogen and oxygen atoms in total. The molecule has 0 bridgehead atoms. The van der Waals surface area contributed by atoms with Crippen molar-refractivity contribution in [3.63, 3.8) is 0 Å². The third-order valence-corrected chi connectivity index (χ3v) is 3.06. The maximum Gasteiger partial charge on any atom is 0.169 e. The number of oxime groups is 1. The van der Waals surface area contributed by atoms with Gasteiger partial charge in [-0.25, -0.2) is 0 Å². The zero-order valence-electron chi connectivity index (χ0n) is 3.63. The van der Waals surface area contributed by atoms with Crippen molar-refractivity contribution < 1.29 is 5.21 Å². The molecule has 0 radical (unpaired) electrons. The van der Waals surface area contributed by atoms with Gasteiger partial charge in [0.2, 0.25) is 0 Å². The average Bonchev–Trinajstić information content (AvgIpc) is 2.14. The number of hydrogen-bond donors (Lipinski definition) is 1. The van der Waals surface area contributed by atoms with Crippen molar-refractivity contribution in [2.75, 3.05) is 11.5 Å². The quantitative estimate of drug-likeness (QED) is 0.400. The van der Waals surface area contributed by atoms with Crippen LogP contribution in [0.5, 0.6) is 0 Å². The summed E-state index contributed by atoms with van der Waals surface area (Å²) >= 11 is 3.21. The second-order valence-electron chi connectivity index (χ2n) is 1.06. The molecule has 0 unspecified atom stereocenters. The van der Waals surface area contributed by atoms with E-state index in [2.05, 4.69) is 5.16 Å². The highest BCUT2D eigenvalue weighted by molar-refractivity contribution is 8.41. The molecule has 0 atom stereocenters. The van der Waals surface area contributed by atoms with Gasteiger partial charge in [-0.3, -0.25) is 0 Å². The van der Waals surface area contributed by atoms with Crippen LogP contribution in [0.2, 0.25) is 0 Å². The minimum atomic E-state index is 0.806. The standard InChI is InChI=1S/C3H5NOS2/c5-4-3-6-1-2-7-3/h5H,1-2H2. The van der Waals surface area contributed by atoms with Crippen molar-refractivity contribution in [2.24, 2.45) is 5.16 Å². The maximum absolute atomic E-state index is 8.11. The van der Waals surface area contributed by atoms with E-state index in [4.69, 9.17) is 5.21 Å². The Morgan fingerprint density at radius 1 is 1.43 bits per heavy atom. The zero-order valence-corrected chi connectivity index (χ0v) is 5.26. The zero-order chi connectivity index (χ0) is 5.11. The first-order valence-corrected chi connectivity index (χ1v) is 3.88. The van der Waals surface area contributed by atoms with E-state index < -0.39 is 0 Å². The molecule has 0 amide bonds. The normalized spacial score (nSPS) is 20.3. The molecule has 40 valence electrons. The summed E-state index contributed by atoms with van der Waals surface area (Å²) in [6.07, 6.45) is 0. The summed E-state index contributed by atoms with van der Waals surface area (Å²) in [5.41, 5.74) is 0. The van der Waals surface area contributed by atoms with Crippen molar-refractivity contribution in [2.45, 2.75) is 0 Å². The molecule has 1 fully saturated rings. The van der Waals surface area contributed by atoms with Gasteiger partial charge in [-0.15, -0.1) is 0 Å². The topological polar surface area (TPSA) is 32.6 Å². The molecule has 0 aliphatic carbocycles. The molecule has 0 aromatic heterocycles. The molecule has 0 saturated carbocycles. The predicted molar refractivity (Wildman–Crippen MR) is 34.1 cm³/mol. The van der Waals surface area contributed by atoms with Gasteiger partial charge in [0.25, 0.3) is 0 Å². The SMILES string of the molecule is ON=C1SCCS1. The van der Waals surface area contributed by atoms with Crippen LogP contribution >= 0.6 is 23.5 Å². The Bertz CT molecular complexity index is 84.9. The van der Waals surface area contributed by atoms with Crippen LogP contribution in [0.25, 0.3) is 0 Å². The smallest absolute Gasteiger partial charge is 0.169 e. The van der Waals surface area contributed by atoms with E-state index >= 15 is 0 Å². The highest BCUT2D eigenvalue weighted by Gasteiger charge is 2.08. The van der Waals surface area contributed by atoms with Crippen LogP contribution in [-0.4, -0.2) is 21.1 Å². The molecule has 0 aromatic carbocycles. The lowest BCUT2D eigenvalue weighted by Crippen LogP contribution is -1.71. The minimum absolute atomic E-state index is 0.806. The maximum atomic E-state index is 8.11. The third-order valence-electron chi connectivity index (χ3n) is 0.616. The summed E-state index contributed by atoms with van der Waals surface area (Å²) in [7, 11) is 0. The fourth-order valence-corrected chi connectivity index (χ4v) is 2.32. The van der Waals surface area contributed by atoms with Crippen molar-refractivity contribution in [3.05, 3.63) is 0 Å². The first kappa shape index (κ1) is 5.31. The fourth-order valence-electron chi connectivity index (χ4n) is 0.357. The number of hydrogen-bond acceptors (Lipinski definition) is 4. The molecule has 1 heterocycles. The molecule has 1 N–H and O–H groups in total. The van der Waals surface area contributed by atoms with Gasteiger partial charge in [0.15, 0.2) is 4.38 Å². The second kappa shape index (κ2) is 2.47. The van der Waals surface area contributed by atoms with Crippen molar-refractivity contribution in [1.29, 1.82) is 0 Å². The Labute approximate surface area is 50.4 Å². The van der Waals surface area contributed by atoms with E-state index in [9.17, 15) is 0 Å². The van der Waals surface area contributed by atoms with Crippen LogP contribution in [0.4, 0.5) is 0 Å². The number of nitrogens with zero attached hydrogens (tertiary/aromatic N) is 1. The highest BCUT2D eigenvalue weighted by atomic mass is 32.2. The summed E-state index contributed by atoms with van der Waals surface area (Å²) in [6, 6.07) is 0. The summed E-state index contributed by atoms with van der Waals surface area (Å²) < 4.78 is 0.806. The van der Waals surface area contributed by atoms with Gasteiger partial charge < -0.3 is 5.21 Å². The van der Waals surface area contributed by atoms with Gasteiger partial charge in [0.05, 0.1) is 0 Å². The van der Waals surface area contributed by atoms with E-state index in [0.717, 1.165) is 15.9 Å². The summed E-state index contributed by atoms with van der Waals surface area (Å²) in [5, 5.41) is 11.1. The van der Waals surface area contributed by atoms with Crippen LogP contribution in [0.15, 0.2) is 5.16 Å². The number of rotatable bonds is 0. The summed E-state index contributed by atoms with van der Waals surface area (Å²) in [6.45, 7) is 0. The van der Waals surface area contributed by atoms with E-state index in [1.165, 1.54) is 0 Å². The predicted octanol–water partition coefficient (Wildman–Crippen LogP) is 1.21. The van der Waals surface area contributed by atoms with E-state index in [1.807, 2.05) is 0 Å². The van der Waals surface area contributed by atoms with Crippen LogP contribution in [0, 0.1) is 0 Å². The van der Waals surface area contributed by atoms with Gasteiger partial charge in [0, 0.05) is 11.5 Å². The monoisotopic (exact) mass is 135 g/mol. The van der Waals surface area contributed by atoms with E-state index in [0.29, 0.717) is 0 Å². The molecule has 4 heteroatoms. The first-order valence-electron chi connectivity index (χ1n) is 1.91. The Morgan fingerprint density at radius 3 is 2.29 bits per heavy atom. The van der Waals surface area contributed by atoms with Crippen molar-refractivity contribution in [3.8, 4) is 0 Å². The fraction of sp³-hybridized carbons (Fsp3) is 0.667. The molecule has 1 aliphatic heterocycles. The molecule has 1 rings (SSSR count). The van der Waals surface area contributed by atoms with E-state index in [-0.39, 0.29) is 0 Å². The summed E-state index contributed by atoms with van der Waals surface area (Å²) in [4.78, 5) is 0. The highest BCUT2D eigenvalue weighted by Crippen LogP contribution is 2.24. The molecule has 0 spiro atoms. The molecular formula is C3H5NOS2. The lowest BCUT2D eigenvalue weighted by atomic mass is 11.0. The molecule has 7 heavy (non-hydrogen) atoms.